The summed E-state index contributed by atoms with van der Waals surface area (Å²) in [5.74, 6) is -0.275. The summed E-state index contributed by atoms with van der Waals surface area (Å²) >= 11 is 7.35. The summed E-state index contributed by atoms with van der Waals surface area (Å²) < 4.78 is 1.17. The van der Waals surface area contributed by atoms with Crippen molar-refractivity contribution in [2.24, 2.45) is 0 Å². The van der Waals surface area contributed by atoms with Crippen molar-refractivity contribution in [3.63, 3.8) is 0 Å². The first-order valence-corrected chi connectivity index (χ1v) is 8.51. The molecule has 0 aliphatic rings. The Morgan fingerprint density at radius 1 is 1.17 bits per heavy atom. The summed E-state index contributed by atoms with van der Waals surface area (Å²) in [5.41, 5.74) is 1.30. The van der Waals surface area contributed by atoms with Crippen LogP contribution in [-0.2, 0) is 17.9 Å². The molecule has 3 rings (SSSR count). The molecule has 1 amide bonds. The molecule has 1 N–H and O–H groups in total. The molecular formula is C17H14ClN3O2S. The fraction of sp³-hybridized carbons (Fsp3) is 0.118. The minimum Gasteiger partial charge on any atom is -0.350 e. The van der Waals surface area contributed by atoms with Gasteiger partial charge in [-0.25, -0.2) is 4.68 Å². The van der Waals surface area contributed by atoms with Gasteiger partial charge in [0.2, 0.25) is 5.91 Å². The maximum Gasteiger partial charge on any atom is 0.267 e. The average Bonchev–Trinajstić information content (AvgIpc) is 3.11. The number of nitrogens with zero attached hydrogens (tertiary/aromatic N) is 2. The van der Waals surface area contributed by atoms with Crippen LogP contribution in [0.25, 0.3) is 10.6 Å². The van der Waals surface area contributed by atoms with E-state index in [-0.39, 0.29) is 18.0 Å². The van der Waals surface area contributed by atoms with Crippen LogP contribution in [0.2, 0.25) is 5.02 Å². The van der Waals surface area contributed by atoms with Gasteiger partial charge < -0.3 is 5.32 Å². The van der Waals surface area contributed by atoms with E-state index in [0.717, 1.165) is 10.4 Å². The van der Waals surface area contributed by atoms with Crippen LogP contribution in [0.1, 0.15) is 5.56 Å². The zero-order chi connectivity index (χ0) is 16.9. The molecule has 0 radical (unpaired) electrons. The summed E-state index contributed by atoms with van der Waals surface area (Å²) in [6, 6.07) is 14.1. The predicted molar refractivity (Wildman–Crippen MR) is 95.1 cm³/mol. The minimum absolute atomic E-state index is 0.119. The largest absolute Gasteiger partial charge is 0.350 e. The maximum absolute atomic E-state index is 12.1. The lowest BCUT2D eigenvalue weighted by Gasteiger charge is -2.08. The molecule has 2 heterocycles. The number of amides is 1. The van der Waals surface area contributed by atoms with Crippen LogP contribution in [0.3, 0.4) is 0 Å². The number of hydrogen-bond acceptors (Lipinski definition) is 4. The summed E-state index contributed by atoms with van der Waals surface area (Å²) in [5, 5.41) is 9.61. The molecule has 2 aromatic heterocycles. The van der Waals surface area contributed by atoms with Gasteiger partial charge in [-0.1, -0.05) is 29.8 Å². The Balaban J connectivity index is 1.66. The standard InChI is InChI=1S/C17H14ClN3O2S/c18-13-5-3-12(4-6-13)10-19-16(22)11-21-17(23)8-7-14(20-21)15-2-1-9-24-15/h1-9H,10-11H2,(H,19,22). The quantitative estimate of drug-likeness (QED) is 0.761. The third-order valence-corrected chi connectivity index (χ3v) is 4.48. The zero-order valence-corrected chi connectivity index (χ0v) is 14.2. The third-order valence-electron chi connectivity index (χ3n) is 3.34. The Hall–Kier alpha value is -2.44. The topological polar surface area (TPSA) is 64.0 Å². The molecule has 0 spiro atoms. The normalized spacial score (nSPS) is 10.5. The van der Waals surface area contributed by atoms with Crippen molar-refractivity contribution in [2.75, 3.05) is 0 Å². The Kier molecular flexibility index (Phi) is 5.08. The minimum atomic E-state index is -0.308. The number of carbonyl (C=O) groups is 1. The molecule has 0 atom stereocenters. The predicted octanol–water partition coefficient (Wildman–Crippen LogP) is 2.94. The molecular weight excluding hydrogens is 346 g/mol. The van der Waals surface area contributed by atoms with Gasteiger partial charge >= 0.3 is 0 Å². The Labute approximate surface area is 147 Å². The van der Waals surface area contributed by atoms with Gasteiger partial charge in [0.1, 0.15) is 12.2 Å². The van der Waals surface area contributed by atoms with Gasteiger partial charge in [-0.15, -0.1) is 11.3 Å². The van der Waals surface area contributed by atoms with E-state index in [1.54, 1.807) is 18.2 Å². The summed E-state index contributed by atoms with van der Waals surface area (Å²) in [6.45, 7) is 0.251. The van der Waals surface area contributed by atoms with Crippen molar-refractivity contribution in [3.05, 3.63) is 74.9 Å². The number of thiophene rings is 1. The van der Waals surface area contributed by atoms with Gasteiger partial charge in [0.15, 0.2) is 0 Å². The monoisotopic (exact) mass is 359 g/mol. The maximum atomic E-state index is 12.1. The zero-order valence-electron chi connectivity index (χ0n) is 12.6. The molecule has 0 saturated carbocycles. The van der Waals surface area contributed by atoms with E-state index < -0.39 is 0 Å². The highest BCUT2D eigenvalue weighted by atomic mass is 35.5. The van der Waals surface area contributed by atoms with E-state index >= 15 is 0 Å². The van der Waals surface area contributed by atoms with Crippen molar-refractivity contribution in [1.29, 1.82) is 0 Å². The van der Waals surface area contributed by atoms with E-state index in [1.165, 1.54) is 22.1 Å². The first-order valence-electron chi connectivity index (χ1n) is 7.25. The molecule has 1 aromatic carbocycles. The summed E-state index contributed by atoms with van der Waals surface area (Å²) in [7, 11) is 0. The van der Waals surface area contributed by atoms with Gasteiger partial charge in [0.05, 0.1) is 4.88 Å². The van der Waals surface area contributed by atoms with Crippen LogP contribution in [0.5, 0.6) is 0 Å². The second kappa shape index (κ2) is 7.42. The lowest BCUT2D eigenvalue weighted by atomic mass is 10.2. The van der Waals surface area contributed by atoms with Crippen molar-refractivity contribution in [2.45, 2.75) is 13.1 Å². The van der Waals surface area contributed by atoms with Crippen LogP contribution < -0.4 is 10.9 Å². The van der Waals surface area contributed by atoms with Crippen molar-refractivity contribution < 1.29 is 4.79 Å². The van der Waals surface area contributed by atoms with Crippen molar-refractivity contribution in [1.82, 2.24) is 15.1 Å². The highest BCUT2D eigenvalue weighted by Crippen LogP contribution is 2.20. The second-order valence-electron chi connectivity index (χ2n) is 5.09. The molecule has 0 bridgehead atoms. The van der Waals surface area contributed by atoms with E-state index in [0.29, 0.717) is 17.3 Å². The van der Waals surface area contributed by atoms with Crippen LogP contribution in [0.15, 0.2) is 58.7 Å². The molecule has 3 aromatic rings. The van der Waals surface area contributed by atoms with E-state index in [2.05, 4.69) is 10.4 Å². The third kappa shape index (κ3) is 4.10. The Morgan fingerprint density at radius 3 is 2.67 bits per heavy atom. The van der Waals surface area contributed by atoms with Crippen LogP contribution >= 0.6 is 22.9 Å². The van der Waals surface area contributed by atoms with Crippen LogP contribution in [0.4, 0.5) is 0 Å². The molecule has 5 nitrogen and oxygen atoms in total. The molecule has 0 aliphatic carbocycles. The van der Waals surface area contributed by atoms with Gasteiger partial charge in [-0.05, 0) is 35.2 Å². The molecule has 24 heavy (non-hydrogen) atoms. The summed E-state index contributed by atoms with van der Waals surface area (Å²) in [4.78, 5) is 24.9. The second-order valence-corrected chi connectivity index (χ2v) is 6.48. The highest BCUT2D eigenvalue weighted by Gasteiger charge is 2.08. The van der Waals surface area contributed by atoms with E-state index in [4.69, 9.17) is 11.6 Å². The van der Waals surface area contributed by atoms with Gasteiger partial charge in [-0.3, -0.25) is 9.59 Å². The molecule has 122 valence electrons. The smallest absolute Gasteiger partial charge is 0.267 e. The Bertz CT molecular complexity index is 889. The van der Waals surface area contributed by atoms with Crippen molar-refractivity contribution >= 4 is 28.8 Å². The first kappa shape index (κ1) is 16.4. The number of nitrogens with one attached hydrogen (secondary N) is 1. The van der Waals surface area contributed by atoms with E-state index in [1.807, 2.05) is 29.6 Å². The molecule has 7 heteroatoms. The number of halogens is 1. The number of carbonyl (C=O) groups excluding carboxylic acids is 1. The van der Waals surface area contributed by atoms with Crippen LogP contribution in [0, 0.1) is 0 Å². The number of rotatable bonds is 5. The molecule has 0 fully saturated rings. The fourth-order valence-corrected chi connectivity index (χ4v) is 2.93. The van der Waals surface area contributed by atoms with Crippen LogP contribution in [-0.4, -0.2) is 15.7 Å². The average molecular weight is 360 g/mol. The molecule has 0 unspecified atom stereocenters. The fourth-order valence-electron chi connectivity index (χ4n) is 2.11. The van der Waals surface area contributed by atoms with Gasteiger partial charge in [0.25, 0.3) is 5.56 Å². The highest BCUT2D eigenvalue weighted by molar-refractivity contribution is 7.13. The lowest BCUT2D eigenvalue weighted by molar-refractivity contribution is -0.122. The lowest BCUT2D eigenvalue weighted by Crippen LogP contribution is -2.33. The summed E-state index contributed by atoms with van der Waals surface area (Å²) in [6.07, 6.45) is 0. The first-order chi connectivity index (χ1) is 11.6. The SMILES string of the molecule is O=C(Cn1nc(-c2cccs2)ccc1=O)NCc1ccc(Cl)cc1. The molecule has 0 aliphatic heterocycles. The number of hydrogen-bond donors (Lipinski definition) is 1. The van der Waals surface area contributed by atoms with E-state index in [9.17, 15) is 9.59 Å². The van der Waals surface area contributed by atoms with Gasteiger partial charge in [0, 0.05) is 17.6 Å². The number of benzene rings is 1. The Morgan fingerprint density at radius 2 is 1.96 bits per heavy atom. The van der Waals surface area contributed by atoms with Crippen molar-refractivity contribution in [3.8, 4) is 10.6 Å². The molecule has 0 saturated heterocycles. The number of aromatic nitrogens is 2. The van der Waals surface area contributed by atoms with Gasteiger partial charge in [-0.2, -0.15) is 5.10 Å².